The van der Waals surface area contributed by atoms with Gasteiger partial charge in [0.05, 0.1) is 40.7 Å². The molecule has 1 N–H and O–H groups in total. The fourth-order valence-corrected chi connectivity index (χ4v) is 2.19. The number of carbonyl (C=O) groups excluding carboxylic acids is 1. The smallest absolute Gasteiger partial charge is 0.259 e. The number of pyridine rings is 1. The maximum absolute atomic E-state index is 12.4. The summed E-state index contributed by atoms with van der Waals surface area (Å²) in [6, 6.07) is 3.68. The molecule has 0 aliphatic carbocycles. The van der Waals surface area contributed by atoms with E-state index < -0.39 is 0 Å². The number of aryl methyl sites for hydroxylation is 1. The SMILES string of the molecule is Cc1c(NC(=O)c2cnn(-c3ccncc3)c2C)cnn1C. The van der Waals surface area contributed by atoms with Crippen LogP contribution < -0.4 is 5.32 Å². The van der Waals surface area contributed by atoms with E-state index in [1.54, 1.807) is 34.2 Å². The van der Waals surface area contributed by atoms with Crippen molar-refractivity contribution in [2.24, 2.45) is 7.05 Å². The first-order valence-corrected chi connectivity index (χ1v) is 6.83. The number of rotatable bonds is 3. The number of nitrogens with zero attached hydrogens (tertiary/aromatic N) is 5. The van der Waals surface area contributed by atoms with Crippen molar-refractivity contribution >= 4 is 11.6 Å². The van der Waals surface area contributed by atoms with Gasteiger partial charge in [0.15, 0.2) is 0 Å². The highest BCUT2D eigenvalue weighted by Gasteiger charge is 2.16. The molecule has 3 rings (SSSR count). The zero-order valence-corrected chi connectivity index (χ0v) is 12.6. The van der Waals surface area contributed by atoms with E-state index in [1.165, 1.54) is 0 Å². The summed E-state index contributed by atoms with van der Waals surface area (Å²) in [6.07, 6.45) is 6.58. The van der Waals surface area contributed by atoms with Gasteiger partial charge < -0.3 is 5.32 Å². The molecule has 0 fully saturated rings. The highest BCUT2D eigenvalue weighted by Crippen LogP contribution is 2.17. The average molecular weight is 296 g/mol. The van der Waals surface area contributed by atoms with E-state index in [2.05, 4.69) is 20.5 Å². The number of carbonyl (C=O) groups is 1. The van der Waals surface area contributed by atoms with Gasteiger partial charge in [-0.3, -0.25) is 14.5 Å². The minimum atomic E-state index is -0.200. The van der Waals surface area contributed by atoms with E-state index in [0.29, 0.717) is 11.3 Å². The van der Waals surface area contributed by atoms with Crippen molar-refractivity contribution in [1.29, 1.82) is 0 Å². The number of aromatic nitrogens is 5. The normalized spacial score (nSPS) is 10.7. The third-order valence-corrected chi connectivity index (χ3v) is 3.65. The zero-order valence-electron chi connectivity index (χ0n) is 12.6. The Morgan fingerprint density at radius 2 is 1.82 bits per heavy atom. The van der Waals surface area contributed by atoms with Crippen molar-refractivity contribution < 1.29 is 4.79 Å². The van der Waals surface area contributed by atoms with Crippen LogP contribution in [0.15, 0.2) is 36.9 Å². The Bertz CT molecular complexity index is 818. The van der Waals surface area contributed by atoms with Crippen molar-refractivity contribution in [1.82, 2.24) is 24.5 Å². The lowest BCUT2D eigenvalue weighted by Gasteiger charge is -2.06. The number of amides is 1. The number of hydrogen-bond donors (Lipinski definition) is 1. The maximum atomic E-state index is 12.4. The Kier molecular flexibility index (Phi) is 3.46. The lowest BCUT2D eigenvalue weighted by atomic mass is 10.2. The summed E-state index contributed by atoms with van der Waals surface area (Å²) in [5, 5.41) is 11.3. The maximum Gasteiger partial charge on any atom is 0.259 e. The van der Waals surface area contributed by atoms with Crippen molar-refractivity contribution in [3.8, 4) is 5.69 Å². The Morgan fingerprint density at radius 1 is 1.09 bits per heavy atom. The Hall–Kier alpha value is -2.96. The van der Waals surface area contributed by atoms with Gasteiger partial charge in [0.1, 0.15) is 0 Å². The molecular formula is C15H16N6O. The predicted octanol–water partition coefficient (Wildman–Crippen LogP) is 1.87. The Balaban J connectivity index is 1.88. The molecule has 0 saturated heterocycles. The van der Waals surface area contributed by atoms with Gasteiger partial charge in [-0.05, 0) is 26.0 Å². The van der Waals surface area contributed by atoms with Gasteiger partial charge in [-0.2, -0.15) is 10.2 Å². The van der Waals surface area contributed by atoms with Gasteiger partial charge in [0.2, 0.25) is 0 Å². The average Bonchev–Trinajstić information content (AvgIpc) is 3.06. The van der Waals surface area contributed by atoms with E-state index >= 15 is 0 Å². The zero-order chi connectivity index (χ0) is 15.7. The summed E-state index contributed by atoms with van der Waals surface area (Å²) in [6.45, 7) is 3.76. The quantitative estimate of drug-likeness (QED) is 0.800. The summed E-state index contributed by atoms with van der Waals surface area (Å²) in [7, 11) is 1.83. The first kappa shape index (κ1) is 14.0. The minimum Gasteiger partial charge on any atom is -0.319 e. The lowest BCUT2D eigenvalue weighted by Crippen LogP contribution is -2.13. The minimum absolute atomic E-state index is 0.200. The van der Waals surface area contributed by atoms with Crippen LogP contribution in [0.2, 0.25) is 0 Å². The van der Waals surface area contributed by atoms with Crippen LogP contribution in [0.5, 0.6) is 0 Å². The molecule has 0 spiro atoms. The van der Waals surface area contributed by atoms with Crippen LogP contribution in [0.25, 0.3) is 5.69 Å². The van der Waals surface area contributed by atoms with E-state index in [4.69, 9.17) is 0 Å². The second-order valence-electron chi connectivity index (χ2n) is 4.98. The lowest BCUT2D eigenvalue weighted by molar-refractivity contribution is 0.102. The van der Waals surface area contributed by atoms with Crippen LogP contribution in [0.1, 0.15) is 21.7 Å². The molecule has 0 aliphatic rings. The highest BCUT2D eigenvalue weighted by atomic mass is 16.1. The summed E-state index contributed by atoms with van der Waals surface area (Å²) in [4.78, 5) is 16.4. The number of anilines is 1. The van der Waals surface area contributed by atoms with Gasteiger partial charge in [0.25, 0.3) is 5.91 Å². The van der Waals surface area contributed by atoms with E-state index in [-0.39, 0.29) is 5.91 Å². The van der Waals surface area contributed by atoms with Crippen molar-refractivity contribution in [3.63, 3.8) is 0 Å². The molecule has 22 heavy (non-hydrogen) atoms. The molecule has 3 aromatic rings. The monoisotopic (exact) mass is 296 g/mol. The summed E-state index contributed by atoms with van der Waals surface area (Å²) < 4.78 is 3.43. The molecule has 0 radical (unpaired) electrons. The number of hydrogen-bond acceptors (Lipinski definition) is 4. The van der Waals surface area contributed by atoms with Crippen LogP contribution in [0, 0.1) is 13.8 Å². The summed E-state index contributed by atoms with van der Waals surface area (Å²) in [5.74, 6) is -0.200. The largest absolute Gasteiger partial charge is 0.319 e. The molecule has 0 bridgehead atoms. The van der Waals surface area contributed by atoms with Crippen molar-refractivity contribution in [2.45, 2.75) is 13.8 Å². The topological polar surface area (TPSA) is 77.6 Å². The summed E-state index contributed by atoms with van der Waals surface area (Å²) in [5.41, 5.74) is 3.76. The third kappa shape index (κ3) is 2.37. The first-order valence-electron chi connectivity index (χ1n) is 6.83. The molecule has 0 aromatic carbocycles. The van der Waals surface area contributed by atoms with E-state index in [1.807, 2.05) is 33.0 Å². The van der Waals surface area contributed by atoms with Crippen LogP contribution in [0.3, 0.4) is 0 Å². The van der Waals surface area contributed by atoms with E-state index in [0.717, 1.165) is 17.1 Å². The molecule has 7 nitrogen and oxygen atoms in total. The fraction of sp³-hybridized carbons (Fsp3) is 0.200. The molecule has 7 heteroatoms. The van der Waals surface area contributed by atoms with Gasteiger partial charge in [-0.1, -0.05) is 0 Å². The predicted molar refractivity (Wildman–Crippen MR) is 82.0 cm³/mol. The molecule has 0 atom stereocenters. The molecule has 0 saturated carbocycles. The summed E-state index contributed by atoms with van der Waals surface area (Å²) >= 11 is 0. The Morgan fingerprint density at radius 3 is 2.45 bits per heavy atom. The van der Waals surface area contributed by atoms with Crippen LogP contribution >= 0.6 is 0 Å². The second kappa shape index (κ2) is 5.44. The van der Waals surface area contributed by atoms with Crippen LogP contribution in [0.4, 0.5) is 5.69 Å². The van der Waals surface area contributed by atoms with Gasteiger partial charge in [-0.25, -0.2) is 4.68 Å². The molecule has 112 valence electrons. The first-order chi connectivity index (χ1) is 10.6. The van der Waals surface area contributed by atoms with Crippen LogP contribution in [-0.4, -0.2) is 30.5 Å². The Labute approximate surface area is 127 Å². The van der Waals surface area contributed by atoms with Gasteiger partial charge >= 0.3 is 0 Å². The molecule has 3 aromatic heterocycles. The van der Waals surface area contributed by atoms with Gasteiger partial charge in [-0.15, -0.1) is 0 Å². The molecule has 0 aliphatic heterocycles. The third-order valence-electron chi connectivity index (χ3n) is 3.65. The van der Waals surface area contributed by atoms with E-state index in [9.17, 15) is 4.79 Å². The van der Waals surface area contributed by atoms with Crippen molar-refractivity contribution in [3.05, 3.63) is 53.9 Å². The van der Waals surface area contributed by atoms with Crippen LogP contribution in [-0.2, 0) is 7.05 Å². The number of nitrogens with one attached hydrogen (secondary N) is 1. The standard InChI is InChI=1S/C15H16N6O/c1-10-13(8-18-21(10)12-4-6-16-7-5-12)15(22)19-14-9-17-20(3)11(14)2/h4-9H,1-3H3,(H,19,22). The van der Waals surface area contributed by atoms with Gasteiger partial charge in [0, 0.05) is 19.4 Å². The molecule has 1 amide bonds. The molecule has 3 heterocycles. The molecular weight excluding hydrogens is 280 g/mol. The second-order valence-corrected chi connectivity index (χ2v) is 4.98. The fourth-order valence-electron chi connectivity index (χ4n) is 2.19. The molecule has 0 unspecified atom stereocenters. The highest BCUT2D eigenvalue weighted by molar-refractivity contribution is 6.05. The van der Waals surface area contributed by atoms with Crippen molar-refractivity contribution in [2.75, 3.05) is 5.32 Å².